The Morgan fingerprint density at radius 3 is 1.79 bits per heavy atom. The summed E-state index contributed by atoms with van der Waals surface area (Å²) in [7, 11) is 0. The van der Waals surface area contributed by atoms with Crippen molar-refractivity contribution in [1.29, 1.82) is 0 Å². The smallest absolute Gasteiger partial charge is 0.158 e. The van der Waals surface area contributed by atoms with Crippen LogP contribution in [-0.4, -0.2) is 25.8 Å². The lowest BCUT2D eigenvalue weighted by molar-refractivity contribution is -0.154. The van der Waals surface area contributed by atoms with E-state index in [1.807, 2.05) is 13.8 Å². The number of carbonyl (C=O) groups excluding carboxylic acids is 1. The second kappa shape index (κ2) is 15.5. The maximum absolute atomic E-state index is 10.8. The van der Waals surface area contributed by atoms with Gasteiger partial charge in [-0.2, -0.15) is 0 Å². The fourth-order valence-corrected chi connectivity index (χ4v) is 2.93. The fourth-order valence-electron chi connectivity index (χ4n) is 2.93. The topological polar surface area (TPSA) is 35.5 Å². The molecule has 0 saturated carbocycles. The molecule has 0 bridgehead atoms. The first-order valence-electron chi connectivity index (χ1n) is 10.4. The van der Waals surface area contributed by atoms with Crippen LogP contribution in [0.15, 0.2) is 48.6 Å². The van der Waals surface area contributed by atoms with Gasteiger partial charge < -0.3 is 14.3 Å². The predicted octanol–water partition coefficient (Wildman–Crippen LogP) is 6.81. The molecule has 3 unspecified atom stereocenters. The molecule has 3 heteroatoms. The third-order valence-corrected chi connectivity index (χ3v) is 5.01. The van der Waals surface area contributed by atoms with E-state index in [1.165, 1.54) is 16.7 Å². The lowest BCUT2D eigenvalue weighted by Gasteiger charge is -2.24. The van der Waals surface area contributed by atoms with E-state index in [0.29, 0.717) is 32.0 Å². The molecule has 0 rings (SSSR count). The Morgan fingerprint density at radius 2 is 1.32 bits per heavy atom. The molecule has 0 N–H and O–H groups in total. The first-order chi connectivity index (χ1) is 13.2. The second-order valence-corrected chi connectivity index (χ2v) is 8.24. The van der Waals surface area contributed by atoms with Gasteiger partial charge in [-0.3, -0.25) is 0 Å². The first kappa shape index (κ1) is 26.6. The van der Waals surface area contributed by atoms with Gasteiger partial charge in [0, 0.05) is 18.8 Å². The molecule has 0 aliphatic heterocycles. The second-order valence-electron chi connectivity index (χ2n) is 8.24. The monoisotopic (exact) mass is 390 g/mol. The van der Waals surface area contributed by atoms with Crippen molar-refractivity contribution in [2.45, 2.75) is 78.9 Å². The van der Waals surface area contributed by atoms with E-state index in [0.717, 1.165) is 44.0 Å². The highest BCUT2D eigenvalue weighted by molar-refractivity contribution is 5.49. The van der Waals surface area contributed by atoms with Crippen LogP contribution < -0.4 is 0 Å². The molecule has 160 valence electrons. The number of allylic oxidation sites excluding steroid dienone is 3. The highest BCUT2D eigenvalue weighted by atomic mass is 16.7. The minimum Gasteiger partial charge on any atom is -0.353 e. The summed E-state index contributed by atoms with van der Waals surface area (Å²) in [4.78, 5) is 10.8. The summed E-state index contributed by atoms with van der Waals surface area (Å²) in [5, 5.41) is 0. The fraction of sp³-hybridized carbons (Fsp3) is 0.640. The van der Waals surface area contributed by atoms with Crippen LogP contribution in [0.1, 0.15) is 72.6 Å². The molecule has 0 aliphatic rings. The van der Waals surface area contributed by atoms with Gasteiger partial charge in [0.15, 0.2) is 6.29 Å². The molecule has 0 aromatic carbocycles. The third kappa shape index (κ3) is 13.7. The van der Waals surface area contributed by atoms with Crippen molar-refractivity contribution in [3.05, 3.63) is 48.6 Å². The number of carbonyl (C=O) groups is 1. The van der Waals surface area contributed by atoms with Crippen LogP contribution >= 0.6 is 0 Å². The Bertz CT molecular complexity index is 518. The largest absolute Gasteiger partial charge is 0.353 e. The van der Waals surface area contributed by atoms with Crippen LogP contribution in [0.2, 0.25) is 0 Å². The summed E-state index contributed by atoms with van der Waals surface area (Å²) < 4.78 is 12.0. The van der Waals surface area contributed by atoms with Crippen LogP contribution in [0.5, 0.6) is 0 Å². The standard InChI is InChI=1S/C25H42O3/c1-19(2)11-13-23(21(5)6)15-17-27-25(10-9-16-26)28-18-24(22(7)8)14-12-20(3)4/h16,23-25H,1,3,5,7,9-15,17-18H2,2,4,6,8H3. The predicted molar refractivity (Wildman–Crippen MR) is 120 cm³/mol. The summed E-state index contributed by atoms with van der Waals surface area (Å²) in [6.07, 6.45) is 6.48. The van der Waals surface area contributed by atoms with Crippen LogP contribution in [0.4, 0.5) is 0 Å². The van der Waals surface area contributed by atoms with Crippen molar-refractivity contribution in [3.63, 3.8) is 0 Å². The van der Waals surface area contributed by atoms with Gasteiger partial charge in [-0.05, 0) is 65.7 Å². The molecule has 0 aliphatic carbocycles. The molecule has 0 spiro atoms. The normalized spacial score (nSPS) is 14.1. The zero-order valence-electron chi connectivity index (χ0n) is 18.7. The van der Waals surface area contributed by atoms with Crippen molar-refractivity contribution in [2.24, 2.45) is 11.8 Å². The third-order valence-electron chi connectivity index (χ3n) is 5.01. The Labute approximate surface area is 173 Å². The Kier molecular flexibility index (Phi) is 14.7. The highest BCUT2D eigenvalue weighted by Gasteiger charge is 2.17. The molecular weight excluding hydrogens is 348 g/mol. The van der Waals surface area contributed by atoms with Gasteiger partial charge in [-0.15, -0.1) is 13.2 Å². The van der Waals surface area contributed by atoms with Gasteiger partial charge >= 0.3 is 0 Å². The number of aldehydes is 1. The minimum atomic E-state index is -0.358. The van der Waals surface area contributed by atoms with Crippen molar-refractivity contribution in [1.82, 2.24) is 0 Å². The summed E-state index contributed by atoms with van der Waals surface area (Å²) >= 11 is 0. The molecule has 0 radical (unpaired) electrons. The Morgan fingerprint density at radius 1 is 0.786 bits per heavy atom. The van der Waals surface area contributed by atoms with Gasteiger partial charge in [-0.25, -0.2) is 0 Å². The van der Waals surface area contributed by atoms with Crippen molar-refractivity contribution < 1.29 is 14.3 Å². The molecule has 0 heterocycles. The van der Waals surface area contributed by atoms with E-state index in [1.54, 1.807) is 0 Å². The van der Waals surface area contributed by atoms with E-state index in [-0.39, 0.29) is 12.2 Å². The average molecular weight is 391 g/mol. The summed E-state index contributed by atoms with van der Waals surface area (Å²) in [5.41, 5.74) is 4.65. The lowest BCUT2D eigenvalue weighted by atomic mass is 9.92. The number of ether oxygens (including phenoxy) is 2. The maximum atomic E-state index is 10.8. The Balaban J connectivity index is 4.60. The van der Waals surface area contributed by atoms with E-state index >= 15 is 0 Å². The summed E-state index contributed by atoms with van der Waals surface area (Å²) in [5.74, 6) is 0.694. The van der Waals surface area contributed by atoms with Gasteiger partial charge in [-0.1, -0.05) is 35.5 Å². The maximum Gasteiger partial charge on any atom is 0.158 e. The molecule has 0 fully saturated rings. The van der Waals surface area contributed by atoms with Gasteiger partial charge in [0.25, 0.3) is 0 Å². The van der Waals surface area contributed by atoms with E-state index in [4.69, 9.17) is 9.47 Å². The molecule has 3 atom stereocenters. The van der Waals surface area contributed by atoms with E-state index < -0.39 is 0 Å². The number of hydrogen-bond acceptors (Lipinski definition) is 3. The average Bonchev–Trinajstić information content (AvgIpc) is 2.60. The van der Waals surface area contributed by atoms with Crippen molar-refractivity contribution in [3.8, 4) is 0 Å². The summed E-state index contributed by atoms with van der Waals surface area (Å²) in [6.45, 7) is 25.5. The number of rotatable bonds is 18. The van der Waals surface area contributed by atoms with Crippen LogP contribution in [0, 0.1) is 11.8 Å². The molecule has 28 heavy (non-hydrogen) atoms. The molecule has 0 amide bonds. The molecule has 0 aromatic heterocycles. The number of hydrogen-bond donors (Lipinski definition) is 0. The van der Waals surface area contributed by atoms with Gasteiger partial charge in [0.05, 0.1) is 13.2 Å². The zero-order chi connectivity index (χ0) is 21.5. The van der Waals surface area contributed by atoms with Crippen molar-refractivity contribution >= 4 is 6.29 Å². The first-order valence-corrected chi connectivity index (χ1v) is 10.4. The van der Waals surface area contributed by atoms with Gasteiger partial charge in [0.1, 0.15) is 6.29 Å². The zero-order valence-corrected chi connectivity index (χ0v) is 18.7. The minimum absolute atomic E-state index is 0.276. The highest BCUT2D eigenvalue weighted by Crippen LogP contribution is 2.23. The molecule has 0 saturated heterocycles. The lowest BCUT2D eigenvalue weighted by Crippen LogP contribution is -2.23. The quantitative estimate of drug-likeness (QED) is 0.146. The van der Waals surface area contributed by atoms with Gasteiger partial charge in [0.2, 0.25) is 0 Å². The SMILES string of the molecule is C=C(C)CCC(CCOC(CCC=O)OCC(CCC(=C)C)C(=C)C)C(=C)C. The molecule has 0 aromatic rings. The van der Waals surface area contributed by atoms with E-state index in [2.05, 4.69) is 40.2 Å². The Hall–Kier alpha value is -1.45. The van der Waals surface area contributed by atoms with E-state index in [9.17, 15) is 4.79 Å². The van der Waals surface area contributed by atoms with Crippen LogP contribution in [-0.2, 0) is 14.3 Å². The summed E-state index contributed by atoms with van der Waals surface area (Å²) in [6, 6.07) is 0. The van der Waals surface area contributed by atoms with Crippen molar-refractivity contribution in [2.75, 3.05) is 13.2 Å². The van der Waals surface area contributed by atoms with Crippen LogP contribution in [0.25, 0.3) is 0 Å². The molecular formula is C25H42O3. The van der Waals surface area contributed by atoms with Crippen LogP contribution in [0.3, 0.4) is 0 Å². The molecule has 3 nitrogen and oxygen atoms in total.